The average molecular weight is 388 g/mol. The van der Waals surface area contributed by atoms with E-state index in [1.54, 1.807) is 24.5 Å². The van der Waals surface area contributed by atoms with E-state index >= 15 is 0 Å². The maximum atomic E-state index is 12.8. The normalized spacial score (nSPS) is 11.0. The molecule has 0 unspecified atom stereocenters. The van der Waals surface area contributed by atoms with Crippen LogP contribution in [-0.2, 0) is 12.0 Å². The van der Waals surface area contributed by atoms with E-state index < -0.39 is 0 Å². The highest BCUT2D eigenvalue weighted by atomic mass is 16.2. The Balaban J connectivity index is 1.72. The molecule has 0 saturated heterocycles. The highest BCUT2D eigenvalue weighted by Gasteiger charge is 2.19. The minimum atomic E-state index is -0.349. The second kappa shape index (κ2) is 8.65. The number of para-hydroxylation sites is 1. The Kier molecular flexibility index (Phi) is 6.02. The monoisotopic (exact) mass is 388 g/mol. The third-order valence-electron chi connectivity index (χ3n) is 4.41. The molecule has 29 heavy (non-hydrogen) atoms. The molecule has 0 saturated carbocycles. The van der Waals surface area contributed by atoms with Crippen molar-refractivity contribution in [2.45, 2.75) is 32.7 Å². The van der Waals surface area contributed by atoms with Crippen LogP contribution in [0.25, 0.3) is 0 Å². The topological polar surface area (TPSA) is 84.0 Å². The summed E-state index contributed by atoms with van der Waals surface area (Å²) in [6.45, 7) is 6.61. The molecule has 0 radical (unpaired) electrons. The van der Waals surface area contributed by atoms with Gasteiger partial charge in [0.25, 0.3) is 11.8 Å². The van der Waals surface area contributed by atoms with Crippen molar-refractivity contribution in [2.75, 3.05) is 5.32 Å². The standard InChI is InChI=1S/C23H24N4O2/c1-23(2,3)18-8-4-5-9-19(18)27-21(28)17-10-12-25-20(13-17)22(29)26-15-16-7-6-11-24-14-16/h4-14H,15H2,1-3H3,(H,26,29)(H,27,28). The largest absolute Gasteiger partial charge is 0.347 e. The fourth-order valence-electron chi connectivity index (χ4n) is 2.91. The molecule has 0 spiro atoms. The Morgan fingerprint density at radius 3 is 2.48 bits per heavy atom. The lowest BCUT2D eigenvalue weighted by atomic mass is 9.86. The number of carbonyl (C=O) groups excluding carboxylic acids is 2. The summed E-state index contributed by atoms with van der Waals surface area (Å²) in [5.41, 5.74) is 3.12. The minimum Gasteiger partial charge on any atom is -0.347 e. The fraction of sp³-hybridized carbons (Fsp3) is 0.217. The highest BCUT2D eigenvalue weighted by Crippen LogP contribution is 2.29. The predicted molar refractivity (Wildman–Crippen MR) is 113 cm³/mol. The number of anilines is 1. The average Bonchev–Trinajstić information content (AvgIpc) is 2.72. The van der Waals surface area contributed by atoms with Gasteiger partial charge < -0.3 is 10.6 Å². The summed E-state index contributed by atoms with van der Waals surface area (Å²) < 4.78 is 0. The van der Waals surface area contributed by atoms with Gasteiger partial charge in [-0.25, -0.2) is 0 Å². The number of nitrogens with zero attached hydrogens (tertiary/aromatic N) is 2. The van der Waals surface area contributed by atoms with Crippen molar-refractivity contribution in [3.63, 3.8) is 0 Å². The minimum absolute atomic E-state index is 0.112. The van der Waals surface area contributed by atoms with E-state index in [1.807, 2.05) is 30.3 Å². The van der Waals surface area contributed by atoms with E-state index in [0.29, 0.717) is 12.1 Å². The Morgan fingerprint density at radius 2 is 1.76 bits per heavy atom. The Bertz CT molecular complexity index is 1010. The third-order valence-corrected chi connectivity index (χ3v) is 4.41. The van der Waals surface area contributed by atoms with Crippen LogP contribution in [0.3, 0.4) is 0 Å². The molecular weight excluding hydrogens is 364 g/mol. The first-order valence-corrected chi connectivity index (χ1v) is 9.38. The van der Waals surface area contributed by atoms with Gasteiger partial charge in [-0.3, -0.25) is 19.6 Å². The van der Waals surface area contributed by atoms with Crippen LogP contribution >= 0.6 is 0 Å². The number of rotatable bonds is 5. The summed E-state index contributed by atoms with van der Waals surface area (Å²) in [6.07, 6.45) is 4.82. The summed E-state index contributed by atoms with van der Waals surface area (Å²) in [5.74, 6) is -0.635. The van der Waals surface area contributed by atoms with E-state index in [1.165, 1.54) is 12.3 Å². The highest BCUT2D eigenvalue weighted by molar-refractivity contribution is 6.06. The molecule has 0 aliphatic rings. The molecule has 3 rings (SSSR count). The van der Waals surface area contributed by atoms with Crippen molar-refractivity contribution >= 4 is 17.5 Å². The molecule has 0 atom stereocenters. The Labute approximate surface area is 170 Å². The lowest BCUT2D eigenvalue weighted by Gasteiger charge is -2.23. The van der Waals surface area contributed by atoms with E-state index in [4.69, 9.17) is 0 Å². The van der Waals surface area contributed by atoms with Crippen molar-refractivity contribution in [1.29, 1.82) is 0 Å². The van der Waals surface area contributed by atoms with Gasteiger partial charge in [0.2, 0.25) is 0 Å². The molecule has 2 amide bonds. The molecule has 1 aromatic carbocycles. The lowest BCUT2D eigenvalue weighted by Crippen LogP contribution is -2.24. The molecule has 2 heterocycles. The predicted octanol–water partition coefficient (Wildman–Crippen LogP) is 3.96. The summed E-state index contributed by atoms with van der Waals surface area (Å²) in [4.78, 5) is 33.3. The zero-order chi connectivity index (χ0) is 20.9. The van der Waals surface area contributed by atoms with Gasteiger partial charge in [-0.1, -0.05) is 45.0 Å². The number of pyridine rings is 2. The maximum Gasteiger partial charge on any atom is 0.270 e. The van der Waals surface area contributed by atoms with Crippen LogP contribution in [-0.4, -0.2) is 21.8 Å². The lowest BCUT2D eigenvalue weighted by molar-refractivity contribution is 0.0946. The van der Waals surface area contributed by atoms with Crippen molar-refractivity contribution in [2.24, 2.45) is 0 Å². The quantitative estimate of drug-likeness (QED) is 0.693. The van der Waals surface area contributed by atoms with Crippen LogP contribution in [0.2, 0.25) is 0 Å². The summed E-state index contributed by atoms with van der Waals surface area (Å²) in [7, 11) is 0. The summed E-state index contributed by atoms with van der Waals surface area (Å²) in [6, 6.07) is 14.5. The zero-order valence-electron chi connectivity index (χ0n) is 16.8. The van der Waals surface area contributed by atoms with E-state index in [0.717, 1.165) is 16.8 Å². The summed E-state index contributed by atoms with van der Waals surface area (Å²) in [5, 5.41) is 5.74. The van der Waals surface area contributed by atoms with Crippen LogP contribution in [0, 0.1) is 0 Å². The van der Waals surface area contributed by atoms with E-state index in [-0.39, 0.29) is 22.9 Å². The van der Waals surface area contributed by atoms with Crippen LogP contribution < -0.4 is 10.6 Å². The van der Waals surface area contributed by atoms with Crippen LogP contribution in [0.5, 0.6) is 0 Å². The van der Waals surface area contributed by atoms with Gasteiger partial charge in [0.15, 0.2) is 0 Å². The number of nitrogens with one attached hydrogen (secondary N) is 2. The van der Waals surface area contributed by atoms with Gasteiger partial charge in [0, 0.05) is 36.4 Å². The molecule has 0 aliphatic carbocycles. The van der Waals surface area contributed by atoms with Gasteiger partial charge in [-0.05, 0) is 40.8 Å². The second-order valence-corrected chi connectivity index (χ2v) is 7.72. The fourth-order valence-corrected chi connectivity index (χ4v) is 2.91. The molecule has 0 aliphatic heterocycles. The smallest absolute Gasteiger partial charge is 0.270 e. The number of carbonyl (C=O) groups is 2. The number of aromatic nitrogens is 2. The first-order chi connectivity index (χ1) is 13.8. The van der Waals surface area contributed by atoms with Gasteiger partial charge in [-0.15, -0.1) is 0 Å². The first kappa shape index (κ1) is 20.2. The molecule has 3 aromatic rings. The first-order valence-electron chi connectivity index (χ1n) is 9.38. The van der Waals surface area contributed by atoms with Crippen LogP contribution in [0.4, 0.5) is 5.69 Å². The molecule has 0 bridgehead atoms. The van der Waals surface area contributed by atoms with Crippen molar-refractivity contribution in [1.82, 2.24) is 15.3 Å². The molecule has 148 valence electrons. The van der Waals surface area contributed by atoms with Crippen molar-refractivity contribution in [3.05, 3.63) is 89.5 Å². The van der Waals surface area contributed by atoms with Gasteiger partial charge in [0.1, 0.15) is 5.69 Å². The van der Waals surface area contributed by atoms with E-state index in [2.05, 4.69) is 41.4 Å². The molecule has 6 heteroatoms. The molecule has 2 aromatic heterocycles. The van der Waals surface area contributed by atoms with Gasteiger partial charge in [-0.2, -0.15) is 0 Å². The van der Waals surface area contributed by atoms with Crippen LogP contribution in [0.15, 0.2) is 67.1 Å². The Morgan fingerprint density at radius 1 is 0.966 bits per heavy atom. The number of hydrogen-bond acceptors (Lipinski definition) is 4. The second-order valence-electron chi connectivity index (χ2n) is 7.72. The number of amides is 2. The van der Waals surface area contributed by atoms with Gasteiger partial charge >= 0.3 is 0 Å². The molecule has 2 N–H and O–H groups in total. The van der Waals surface area contributed by atoms with Crippen molar-refractivity contribution in [3.8, 4) is 0 Å². The number of hydrogen-bond donors (Lipinski definition) is 2. The van der Waals surface area contributed by atoms with E-state index in [9.17, 15) is 9.59 Å². The SMILES string of the molecule is CC(C)(C)c1ccccc1NC(=O)c1ccnc(C(=O)NCc2cccnc2)c1. The summed E-state index contributed by atoms with van der Waals surface area (Å²) >= 11 is 0. The maximum absolute atomic E-state index is 12.8. The van der Waals surface area contributed by atoms with Crippen LogP contribution in [0.1, 0.15) is 52.7 Å². The third kappa shape index (κ3) is 5.25. The van der Waals surface area contributed by atoms with Gasteiger partial charge in [0.05, 0.1) is 0 Å². The zero-order valence-corrected chi connectivity index (χ0v) is 16.8. The number of benzene rings is 1. The Hall–Kier alpha value is -3.54. The molecule has 0 fully saturated rings. The molecule has 6 nitrogen and oxygen atoms in total. The molecular formula is C23H24N4O2. The van der Waals surface area contributed by atoms with Crippen molar-refractivity contribution < 1.29 is 9.59 Å².